The molecule has 0 amide bonds. The van der Waals surface area contributed by atoms with Crippen molar-refractivity contribution >= 4 is 5.69 Å². The van der Waals surface area contributed by atoms with Gasteiger partial charge in [0.2, 0.25) is 0 Å². The Balaban J connectivity index is 1.52. The van der Waals surface area contributed by atoms with Gasteiger partial charge in [-0.1, -0.05) is 12.5 Å². The van der Waals surface area contributed by atoms with Crippen LogP contribution >= 0.6 is 0 Å². The van der Waals surface area contributed by atoms with Crippen molar-refractivity contribution < 1.29 is 19.1 Å². The normalized spacial score (nSPS) is 23.0. The first-order chi connectivity index (χ1) is 11.2. The van der Waals surface area contributed by atoms with Crippen LogP contribution in [0.3, 0.4) is 0 Å². The summed E-state index contributed by atoms with van der Waals surface area (Å²) in [6.45, 7) is 3.59. The summed E-state index contributed by atoms with van der Waals surface area (Å²) >= 11 is 0. The molecule has 0 saturated carbocycles. The zero-order valence-corrected chi connectivity index (χ0v) is 13.1. The second-order valence-electron chi connectivity index (χ2n) is 5.81. The molecular formula is C16H22N2O5. The molecule has 2 saturated heterocycles. The summed E-state index contributed by atoms with van der Waals surface area (Å²) in [7, 11) is 0. The molecule has 0 radical (unpaired) electrons. The second-order valence-corrected chi connectivity index (χ2v) is 5.81. The van der Waals surface area contributed by atoms with E-state index in [1.54, 1.807) is 12.1 Å². The summed E-state index contributed by atoms with van der Waals surface area (Å²) < 4.78 is 17.0. The number of rotatable bonds is 6. The van der Waals surface area contributed by atoms with Gasteiger partial charge in [0, 0.05) is 12.6 Å². The average Bonchev–Trinajstić information content (AvgIpc) is 3.10. The van der Waals surface area contributed by atoms with E-state index < -0.39 is 4.92 Å². The third-order valence-corrected chi connectivity index (χ3v) is 4.30. The zero-order valence-electron chi connectivity index (χ0n) is 13.1. The molecule has 2 aliphatic rings. The minimum Gasteiger partial charge on any atom is -0.492 e. The smallest absolute Gasteiger partial charge is 0.273 e. The van der Waals surface area contributed by atoms with Gasteiger partial charge in [-0.2, -0.15) is 0 Å². The van der Waals surface area contributed by atoms with Crippen LogP contribution in [0.5, 0.6) is 5.75 Å². The van der Waals surface area contributed by atoms with E-state index >= 15 is 0 Å². The van der Waals surface area contributed by atoms with Gasteiger partial charge >= 0.3 is 0 Å². The van der Waals surface area contributed by atoms with Gasteiger partial charge in [0.05, 0.1) is 30.2 Å². The van der Waals surface area contributed by atoms with Crippen molar-refractivity contribution in [1.29, 1.82) is 0 Å². The number of piperidine rings is 1. The Kier molecular flexibility index (Phi) is 5.43. The molecule has 0 bridgehead atoms. The van der Waals surface area contributed by atoms with Crippen molar-refractivity contribution in [3.63, 3.8) is 0 Å². The zero-order chi connectivity index (χ0) is 16.1. The van der Waals surface area contributed by atoms with Crippen molar-refractivity contribution in [2.45, 2.75) is 31.6 Å². The predicted molar refractivity (Wildman–Crippen MR) is 83.5 cm³/mol. The highest BCUT2D eigenvalue weighted by molar-refractivity contribution is 5.37. The molecule has 7 heteroatoms. The van der Waals surface area contributed by atoms with Crippen LogP contribution in [0.1, 0.15) is 19.3 Å². The standard InChI is InChI=1S/C16H22N2O5/c19-18(20)13-4-3-5-14(12-13)21-9-8-17-7-2-1-6-15(17)16-22-10-11-23-16/h3-5,12,15-16H,1-2,6-11H2. The average molecular weight is 322 g/mol. The molecular weight excluding hydrogens is 300 g/mol. The Hall–Kier alpha value is -1.70. The molecule has 1 aromatic rings. The summed E-state index contributed by atoms with van der Waals surface area (Å²) in [5.74, 6) is 0.529. The molecule has 0 N–H and O–H groups in total. The fourth-order valence-corrected chi connectivity index (χ4v) is 3.17. The summed E-state index contributed by atoms with van der Waals surface area (Å²) in [4.78, 5) is 12.7. The minimum atomic E-state index is -0.414. The number of nitrogens with zero attached hydrogens (tertiary/aromatic N) is 2. The minimum absolute atomic E-state index is 0.0473. The molecule has 0 spiro atoms. The van der Waals surface area contributed by atoms with Crippen molar-refractivity contribution in [1.82, 2.24) is 4.90 Å². The van der Waals surface area contributed by atoms with Crippen LogP contribution in [0.25, 0.3) is 0 Å². The second kappa shape index (κ2) is 7.72. The number of nitro benzene ring substituents is 1. The van der Waals surface area contributed by atoms with Crippen LogP contribution in [-0.2, 0) is 9.47 Å². The highest BCUT2D eigenvalue weighted by atomic mass is 16.7. The van der Waals surface area contributed by atoms with Gasteiger partial charge in [-0.05, 0) is 25.5 Å². The summed E-state index contributed by atoms with van der Waals surface area (Å²) in [6.07, 6.45) is 3.30. The van der Waals surface area contributed by atoms with Gasteiger partial charge in [-0.15, -0.1) is 0 Å². The maximum absolute atomic E-state index is 10.8. The highest BCUT2D eigenvalue weighted by Gasteiger charge is 2.33. The maximum atomic E-state index is 10.8. The molecule has 126 valence electrons. The van der Waals surface area contributed by atoms with Crippen molar-refractivity contribution in [2.75, 3.05) is 32.9 Å². The first kappa shape index (κ1) is 16.2. The molecule has 3 rings (SSSR count). The molecule has 0 aliphatic carbocycles. The quantitative estimate of drug-likeness (QED) is 0.590. The SMILES string of the molecule is O=[N+]([O-])c1cccc(OCCN2CCCCC2C2OCCO2)c1. The number of nitro groups is 1. The Labute approximate surface area is 135 Å². The molecule has 2 fully saturated rings. The molecule has 1 atom stereocenters. The molecule has 2 heterocycles. The van der Waals surface area contributed by atoms with Gasteiger partial charge < -0.3 is 14.2 Å². The first-order valence-corrected chi connectivity index (χ1v) is 8.08. The van der Waals surface area contributed by atoms with E-state index in [9.17, 15) is 10.1 Å². The lowest BCUT2D eigenvalue weighted by Gasteiger charge is -2.37. The lowest BCUT2D eigenvalue weighted by Crippen LogP contribution is -2.48. The van der Waals surface area contributed by atoms with E-state index in [1.165, 1.54) is 25.0 Å². The molecule has 0 aromatic heterocycles. The third kappa shape index (κ3) is 4.19. The summed E-state index contributed by atoms with van der Waals surface area (Å²) in [5, 5.41) is 10.8. The van der Waals surface area contributed by atoms with Crippen LogP contribution < -0.4 is 4.74 Å². The van der Waals surface area contributed by atoms with Crippen molar-refractivity contribution in [2.24, 2.45) is 0 Å². The fraction of sp³-hybridized carbons (Fsp3) is 0.625. The monoisotopic (exact) mass is 322 g/mol. The first-order valence-electron chi connectivity index (χ1n) is 8.08. The number of benzene rings is 1. The van der Waals surface area contributed by atoms with Crippen LogP contribution in [0, 0.1) is 10.1 Å². The topological polar surface area (TPSA) is 74.1 Å². The molecule has 1 unspecified atom stereocenters. The van der Waals surface area contributed by atoms with E-state index in [1.807, 2.05) is 0 Å². The van der Waals surface area contributed by atoms with Gasteiger partial charge in [-0.3, -0.25) is 15.0 Å². The van der Waals surface area contributed by atoms with E-state index in [-0.39, 0.29) is 18.0 Å². The summed E-state index contributed by atoms with van der Waals surface area (Å²) in [6, 6.07) is 6.57. The number of ether oxygens (including phenoxy) is 3. The van der Waals surface area contributed by atoms with Crippen LogP contribution in [0.15, 0.2) is 24.3 Å². The van der Waals surface area contributed by atoms with Crippen LogP contribution in [0.4, 0.5) is 5.69 Å². The lowest BCUT2D eigenvalue weighted by molar-refractivity contribution is -0.384. The number of likely N-dealkylation sites (tertiary alicyclic amines) is 1. The Morgan fingerprint density at radius 1 is 1.30 bits per heavy atom. The van der Waals surface area contributed by atoms with Crippen LogP contribution in [-0.4, -0.2) is 55.1 Å². The Bertz CT molecular complexity index is 533. The Morgan fingerprint density at radius 3 is 2.91 bits per heavy atom. The largest absolute Gasteiger partial charge is 0.492 e. The highest BCUT2D eigenvalue weighted by Crippen LogP contribution is 2.24. The van der Waals surface area contributed by atoms with Gasteiger partial charge in [0.1, 0.15) is 12.4 Å². The number of non-ortho nitro benzene ring substituents is 1. The molecule has 7 nitrogen and oxygen atoms in total. The molecule has 1 aromatic carbocycles. The van der Waals surface area contributed by atoms with E-state index in [2.05, 4.69) is 4.90 Å². The molecule has 23 heavy (non-hydrogen) atoms. The number of hydrogen-bond donors (Lipinski definition) is 0. The fourth-order valence-electron chi connectivity index (χ4n) is 3.17. The maximum Gasteiger partial charge on any atom is 0.273 e. The number of hydrogen-bond acceptors (Lipinski definition) is 6. The van der Waals surface area contributed by atoms with E-state index in [4.69, 9.17) is 14.2 Å². The van der Waals surface area contributed by atoms with Gasteiger partial charge in [-0.25, -0.2) is 0 Å². The van der Waals surface area contributed by atoms with Crippen molar-refractivity contribution in [3.05, 3.63) is 34.4 Å². The third-order valence-electron chi connectivity index (χ3n) is 4.30. The lowest BCUT2D eigenvalue weighted by atomic mass is 10.0. The van der Waals surface area contributed by atoms with E-state index in [0.717, 1.165) is 19.5 Å². The Morgan fingerprint density at radius 2 is 2.13 bits per heavy atom. The predicted octanol–water partition coefficient (Wildman–Crippen LogP) is 2.20. The van der Waals surface area contributed by atoms with Crippen LogP contribution in [0.2, 0.25) is 0 Å². The van der Waals surface area contributed by atoms with E-state index in [0.29, 0.717) is 25.6 Å². The van der Waals surface area contributed by atoms with Crippen molar-refractivity contribution in [3.8, 4) is 5.75 Å². The van der Waals surface area contributed by atoms with Gasteiger partial charge in [0.25, 0.3) is 5.69 Å². The molecule has 2 aliphatic heterocycles. The summed E-state index contributed by atoms with van der Waals surface area (Å²) in [5.41, 5.74) is 0.0473. The van der Waals surface area contributed by atoms with Gasteiger partial charge in [0.15, 0.2) is 6.29 Å².